The highest BCUT2D eigenvalue weighted by molar-refractivity contribution is 7.89. The first kappa shape index (κ1) is 19.2. The fourth-order valence-corrected chi connectivity index (χ4v) is 4.93. The van der Waals surface area contributed by atoms with Crippen molar-refractivity contribution in [2.45, 2.75) is 18.2 Å². The van der Waals surface area contributed by atoms with Gasteiger partial charge in [0.2, 0.25) is 5.78 Å². The molecule has 5 heteroatoms. The quantitative estimate of drug-likeness (QED) is 0.604. The maximum atomic E-state index is 13.5. The molecule has 0 bridgehead atoms. The van der Waals surface area contributed by atoms with Crippen molar-refractivity contribution in [3.63, 3.8) is 0 Å². The van der Waals surface area contributed by atoms with Gasteiger partial charge in [-0.05, 0) is 42.7 Å². The lowest BCUT2D eigenvalue weighted by Crippen LogP contribution is -2.34. The molecule has 29 heavy (non-hydrogen) atoms. The molecule has 0 unspecified atom stereocenters. The van der Waals surface area contributed by atoms with Crippen LogP contribution in [-0.2, 0) is 16.4 Å². The Morgan fingerprint density at radius 2 is 1.52 bits per heavy atom. The Morgan fingerprint density at radius 3 is 2.24 bits per heavy atom. The van der Waals surface area contributed by atoms with Crippen molar-refractivity contribution in [1.29, 1.82) is 0 Å². The first-order valence-electron chi connectivity index (χ1n) is 9.45. The van der Waals surface area contributed by atoms with Crippen LogP contribution in [0.4, 0.5) is 0 Å². The second-order valence-corrected chi connectivity index (χ2v) is 8.93. The molecule has 0 atom stereocenters. The zero-order valence-corrected chi connectivity index (χ0v) is 16.9. The molecule has 3 aromatic rings. The van der Waals surface area contributed by atoms with Gasteiger partial charge in [-0.25, -0.2) is 8.42 Å². The summed E-state index contributed by atoms with van der Waals surface area (Å²) in [4.78, 5) is 13.5. The predicted molar refractivity (Wildman–Crippen MR) is 114 cm³/mol. The van der Waals surface area contributed by atoms with Crippen LogP contribution in [0.1, 0.15) is 27.0 Å². The van der Waals surface area contributed by atoms with Crippen molar-refractivity contribution in [1.82, 2.24) is 4.31 Å². The molecule has 4 rings (SSSR count). The highest BCUT2D eigenvalue weighted by Gasteiger charge is 2.32. The summed E-state index contributed by atoms with van der Waals surface area (Å²) in [6.45, 7) is 2.11. The molecule has 146 valence electrons. The van der Waals surface area contributed by atoms with E-state index in [1.807, 2.05) is 37.3 Å². The van der Waals surface area contributed by atoms with Gasteiger partial charge in [0.15, 0.2) is 0 Å². The van der Waals surface area contributed by atoms with Gasteiger partial charge < -0.3 is 0 Å². The smallest absolute Gasteiger partial charge is 0.264 e. The number of hydrogen-bond donors (Lipinski definition) is 0. The zero-order valence-electron chi connectivity index (χ0n) is 16.1. The first-order valence-corrected chi connectivity index (χ1v) is 10.9. The van der Waals surface area contributed by atoms with Gasteiger partial charge >= 0.3 is 0 Å². The van der Waals surface area contributed by atoms with Gasteiger partial charge in [-0.1, -0.05) is 72.3 Å². The molecule has 0 amide bonds. The average Bonchev–Trinajstić information content (AvgIpc) is 2.94. The summed E-state index contributed by atoms with van der Waals surface area (Å²) in [7, 11) is -3.88. The SMILES string of the molecule is Cc1ccc(S(=O)(=O)N2CCc3ccccc3C=C2C(=O)c2ccccc2)cc1. The van der Waals surface area contributed by atoms with E-state index in [-0.39, 0.29) is 22.9 Å². The number of nitrogens with zero attached hydrogens (tertiary/aromatic N) is 1. The van der Waals surface area contributed by atoms with E-state index in [0.717, 1.165) is 16.7 Å². The average molecular weight is 404 g/mol. The summed E-state index contributed by atoms with van der Waals surface area (Å²) in [5, 5.41) is 0. The minimum atomic E-state index is -3.88. The number of fused-ring (bicyclic) bond motifs is 1. The number of aryl methyl sites for hydroxylation is 1. The molecule has 0 aromatic heterocycles. The van der Waals surface area contributed by atoms with Crippen molar-refractivity contribution in [2.24, 2.45) is 0 Å². The van der Waals surface area contributed by atoms with Crippen LogP contribution in [-0.4, -0.2) is 25.1 Å². The van der Waals surface area contributed by atoms with Gasteiger partial charge in [0.1, 0.15) is 5.70 Å². The monoisotopic (exact) mass is 403 g/mol. The number of allylic oxidation sites excluding steroid dienone is 1. The third-order valence-electron chi connectivity index (χ3n) is 5.08. The highest BCUT2D eigenvalue weighted by atomic mass is 32.2. The van der Waals surface area contributed by atoms with E-state index in [2.05, 4.69) is 0 Å². The summed E-state index contributed by atoms with van der Waals surface area (Å²) in [6, 6.07) is 23.2. The van der Waals surface area contributed by atoms with Gasteiger partial charge in [-0.15, -0.1) is 0 Å². The van der Waals surface area contributed by atoms with Gasteiger partial charge in [-0.3, -0.25) is 9.10 Å². The number of benzene rings is 3. The Labute approximate surface area is 171 Å². The fourth-order valence-electron chi connectivity index (χ4n) is 3.47. The van der Waals surface area contributed by atoms with Crippen LogP contribution in [0.25, 0.3) is 6.08 Å². The van der Waals surface area contributed by atoms with Crippen molar-refractivity contribution < 1.29 is 13.2 Å². The number of hydrogen-bond acceptors (Lipinski definition) is 3. The molecule has 4 nitrogen and oxygen atoms in total. The van der Waals surface area contributed by atoms with Gasteiger partial charge in [-0.2, -0.15) is 0 Å². The Kier molecular flexibility index (Phi) is 5.07. The Morgan fingerprint density at radius 1 is 0.862 bits per heavy atom. The number of Topliss-reactive ketones (excluding diaryl/α,β-unsaturated/α-hetero) is 1. The number of carbonyl (C=O) groups excluding carboxylic acids is 1. The molecule has 0 saturated heterocycles. The van der Waals surface area contributed by atoms with Crippen LogP contribution in [0.15, 0.2) is 89.5 Å². The minimum Gasteiger partial charge on any atom is -0.287 e. The van der Waals surface area contributed by atoms with E-state index >= 15 is 0 Å². The summed E-state index contributed by atoms with van der Waals surface area (Å²) in [6.07, 6.45) is 2.23. The van der Waals surface area contributed by atoms with Crippen molar-refractivity contribution >= 4 is 21.9 Å². The number of rotatable bonds is 4. The normalized spacial score (nSPS) is 14.0. The molecule has 0 spiro atoms. The zero-order chi connectivity index (χ0) is 20.4. The second kappa shape index (κ2) is 7.68. The molecule has 0 saturated carbocycles. The largest absolute Gasteiger partial charge is 0.287 e. The van der Waals surface area contributed by atoms with Crippen molar-refractivity contribution in [3.8, 4) is 0 Å². The van der Waals surface area contributed by atoms with Crippen molar-refractivity contribution in [3.05, 3.63) is 107 Å². The summed E-state index contributed by atoms with van der Waals surface area (Å²) >= 11 is 0. The van der Waals surface area contributed by atoms with Crippen LogP contribution >= 0.6 is 0 Å². The second-order valence-electron chi connectivity index (χ2n) is 7.06. The molecule has 1 aliphatic heterocycles. The molecule has 0 fully saturated rings. The third-order valence-corrected chi connectivity index (χ3v) is 6.91. The topological polar surface area (TPSA) is 54.5 Å². The summed E-state index contributed by atoms with van der Waals surface area (Å²) in [5.41, 5.74) is 3.49. The number of sulfonamides is 1. The standard InChI is InChI=1S/C24H21NO3S/c1-18-11-13-22(14-12-18)29(27,28)25-16-15-19-7-5-6-10-21(19)17-23(25)24(26)20-8-3-2-4-9-20/h2-14,17H,15-16H2,1H3. The lowest BCUT2D eigenvalue weighted by molar-refractivity contribution is 0.101. The van der Waals surface area contributed by atoms with Crippen LogP contribution in [0.3, 0.4) is 0 Å². The fraction of sp³-hybridized carbons (Fsp3) is 0.125. The van der Waals surface area contributed by atoms with Crippen LogP contribution in [0.2, 0.25) is 0 Å². The number of ketones is 1. The van der Waals surface area contributed by atoms with E-state index in [9.17, 15) is 13.2 Å². The minimum absolute atomic E-state index is 0.168. The molecule has 0 aliphatic carbocycles. The third kappa shape index (κ3) is 3.74. The molecule has 1 heterocycles. The Bertz CT molecular complexity index is 1180. The Hall–Kier alpha value is -3.18. The first-order chi connectivity index (χ1) is 14.0. The highest BCUT2D eigenvalue weighted by Crippen LogP contribution is 2.29. The number of carbonyl (C=O) groups is 1. The van der Waals surface area contributed by atoms with Crippen molar-refractivity contribution in [2.75, 3.05) is 6.54 Å². The van der Waals surface area contributed by atoms with E-state index in [4.69, 9.17) is 0 Å². The van der Waals surface area contributed by atoms with Gasteiger partial charge in [0.05, 0.1) is 4.90 Å². The summed E-state index contributed by atoms with van der Waals surface area (Å²) < 4.78 is 28.2. The maximum Gasteiger partial charge on any atom is 0.264 e. The molecule has 0 N–H and O–H groups in total. The van der Waals surface area contributed by atoms with Gasteiger partial charge in [0.25, 0.3) is 10.0 Å². The van der Waals surface area contributed by atoms with E-state index in [1.54, 1.807) is 54.6 Å². The molecule has 3 aromatic carbocycles. The lowest BCUT2D eigenvalue weighted by atomic mass is 10.0. The lowest BCUT2D eigenvalue weighted by Gasteiger charge is -2.25. The van der Waals surface area contributed by atoms with Crippen LogP contribution in [0.5, 0.6) is 0 Å². The van der Waals surface area contributed by atoms with Crippen LogP contribution < -0.4 is 0 Å². The van der Waals surface area contributed by atoms with E-state index < -0.39 is 10.0 Å². The predicted octanol–water partition coefficient (Wildman–Crippen LogP) is 4.47. The Balaban J connectivity index is 1.86. The van der Waals surface area contributed by atoms with Gasteiger partial charge in [0, 0.05) is 12.1 Å². The maximum absolute atomic E-state index is 13.5. The summed E-state index contributed by atoms with van der Waals surface area (Å²) in [5.74, 6) is -0.307. The molecule has 1 aliphatic rings. The molecular weight excluding hydrogens is 382 g/mol. The van der Waals surface area contributed by atoms with E-state index in [0.29, 0.717) is 12.0 Å². The molecule has 0 radical (unpaired) electrons. The van der Waals surface area contributed by atoms with Crippen LogP contribution in [0, 0.1) is 6.92 Å². The molecular formula is C24H21NO3S. The van der Waals surface area contributed by atoms with E-state index in [1.165, 1.54) is 4.31 Å².